The van der Waals surface area contributed by atoms with Crippen LogP contribution in [0.5, 0.6) is 0 Å². The van der Waals surface area contributed by atoms with Crippen molar-refractivity contribution in [1.82, 2.24) is 0 Å². The molecule has 0 fully saturated rings. The maximum absolute atomic E-state index is 13.1. The molecule has 1 amide bonds. The summed E-state index contributed by atoms with van der Waals surface area (Å²) in [6.07, 6.45) is 0.626. The SMILES string of the molecule is CCOC(=O)C(=O)N1CCc2ccc(F)cc21. The first-order valence-corrected chi connectivity index (χ1v) is 5.40. The molecule has 0 aromatic heterocycles. The Morgan fingerprint density at radius 3 is 2.94 bits per heavy atom. The lowest BCUT2D eigenvalue weighted by atomic mass is 10.2. The minimum atomic E-state index is -0.899. The normalized spacial score (nSPS) is 13.4. The number of fused-ring (bicyclic) bond motifs is 1. The van der Waals surface area contributed by atoms with E-state index >= 15 is 0 Å². The molecule has 1 heterocycles. The Kier molecular flexibility index (Phi) is 3.08. The zero-order valence-corrected chi connectivity index (χ0v) is 9.40. The highest BCUT2D eigenvalue weighted by Crippen LogP contribution is 2.28. The number of hydrogen-bond acceptors (Lipinski definition) is 3. The molecule has 90 valence electrons. The van der Waals surface area contributed by atoms with Gasteiger partial charge < -0.3 is 9.64 Å². The summed E-state index contributed by atoms with van der Waals surface area (Å²) in [5.74, 6) is -2.06. The molecule has 5 heteroatoms. The van der Waals surface area contributed by atoms with Crippen LogP contribution >= 0.6 is 0 Å². The molecule has 2 rings (SSSR count). The average Bonchev–Trinajstić information content (AvgIpc) is 2.71. The number of halogens is 1. The fraction of sp³-hybridized carbons (Fsp3) is 0.333. The Labute approximate surface area is 98.0 Å². The van der Waals surface area contributed by atoms with E-state index < -0.39 is 17.7 Å². The number of carbonyl (C=O) groups is 2. The van der Waals surface area contributed by atoms with Crippen LogP contribution in [-0.2, 0) is 20.7 Å². The summed E-state index contributed by atoms with van der Waals surface area (Å²) in [5, 5.41) is 0. The quantitative estimate of drug-likeness (QED) is 0.546. The first-order valence-electron chi connectivity index (χ1n) is 5.40. The van der Waals surface area contributed by atoms with E-state index in [2.05, 4.69) is 4.74 Å². The molecular formula is C12H12FNO3. The molecule has 0 saturated heterocycles. The molecule has 1 aliphatic rings. The van der Waals surface area contributed by atoms with Gasteiger partial charge in [-0.05, 0) is 31.0 Å². The first-order chi connectivity index (χ1) is 8.13. The fourth-order valence-corrected chi connectivity index (χ4v) is 1.87. The van der Waals surface area contributed by atoms with Gasteiger partial charge in [0.15, 0.2) is 0 Å². The Balaban J connectivity index is 2.24. The van der Waals surface area contributed by atoms with Gasteiger partial charge in [-0.1, -0.05) is 6.07 Å². The standard InChI is InChI=1S/C12H12FNO3/c1-2-17-12(16)11(15)14-6-5-8-3-4-9(13)7-10(8)14/h3-4,7H,2,5-6H2,1H3. The van der Waals surface area contributed by atoms with Crippen molar-refractivity contribution in [3.8, 4) is 0 Å². The van der Waals surface area contributed by atoms with Gasteiger partial charge in [0.1, 0.15) is 5.82 Å². The van der Waals surface area contributed by atoms with E-state index in [0.29, 0.717) is 18.7 Å². The van der Waals surface area contributed by atoms with Crippen molar-refractivity contribution in [2.75, 3.05) is 18.1 Å². The Bertz CT molecular complexity index is 473. The van der Waals surface area contributed by atoms with Crippen molar-refractivity contribution in [3.05, 3.63) is 29.6 Å². The summed E-state index contributed by atoms with van der Waals surface area (Å²) in [5.41, 5.74) is 1.33. The van der Waals surface area contributed by atoms with E-state index in [9.17, 15) is 14.0 Å². The van der Waals surface area contributed by atoms with Crippen LogP contribution in [0.4, 0.5) is 10.1 Å². The molecule has 0 bridgehead atoms. The van der Waals surface area contributed by atoms with Gasteiger partial charge in [-0.25, -0.2) is 9.18 Å². The smallest absolute Gasteiger partial charge is 0.397 e. The van der Waals surface area contributed by atoms with Crippen molar-refractivity contribution in [3.63, 3.8) is 0 Å². The third kappa shape index (κ3) is 2.13. The molecule has 1 aromatic carbocycles. The van der Waals surface area contributed by atoms with Crippen molar-refractivity contribution in [2.24, 2.45) is 0 Å². The van der Waals surface area contributed by atoms with Crippen LogP contribution in [-0.4, -0.2) is 25.0 Å². The predicted octanol–water partition coefficient (Wildman–Crippen LogP) is 1.28. The lowest BCUT2D eigenvalue weighted by Crippen LogP contribution is -2.36. The van der Waals surface area contributed by atoms with Crippen LogP contribution in [0.3, 0.4) is 0 Å². The molecule has 1 aliphatic heterocycles. The summed E-state index contributed by atoms with van der Waals surface area (Å²) < 4.78 is 17.7. The Morgan fingerprint density at radius 2 is 2.24 bits per heavy atom. The number of nitrogens with zero attached hydrogens (tertiary/aromatic N) is 1. The molecule has 17 heavy (non-hydrogen) atoms. The average molecular weight is 237 g/mol. The van der Waals surface area contributed by atoms with Crippen LogP contribution in [0.1, 0.15) is 12.5 Å². The lowest BCUT2D eigenvalue weighted by Gasteiger charge is -2.15. The second-order valence-electron chi connectivity index (χ2n) is 3.70. The molecule has 0 N–H and O–H groups in total. The summed E-state index contributed by atoms with van der Waals surface area (Å²) >= 11 is 0. The maximum atomic E-state index is 13.1. The highest BCUT2D eigenvalue weighted by atomic mass is 19.1. The highest BCUT2D eigenvalue weighted by Gasteiger charge is 2.30. The second kappa shape index (κ2) is 4.53. The third-order valence-corrected chi connectivity index (χ3v) is 2.64. The molecule has 0 saturated carbocycles. The van der Waals surface area contributed by atoms with Gasteiger partial charge in [-0.15, -0.1) is 0 Å². The van der Waals surface area contributed by atoms with Crippen molar-refractivity contribution in [1.29, 1.82) is 0 Å². The number of anilines is 1. The zero-order valence-electron chi connectivity index (χ0n) is 9.40. The van der Waals surface area contributed by atoms with E-state index in [1.54, 1.807) is 13.0 Å². The highest BCUT2D eigenvalue weighted by molar-refractivity contribution is 6.38. The molecule has 0 atom stereocenters. The summed E-state index contributed by atoms with van der Waals surface area (Å²) in [7, 11) is 0. The summed E-state index contributed by atoms with van der Waals surface area (Å²) in [6.45, 7) is 2.16. The number of esters is 1. The predicted molar refractivity (Wildman–Crippen MR) is 59.1 cm³/mol. The minimum Gasteiger partial charge on any atom is -0.459 e. The number of hydrogen-bond donors (Lipinski definition) is 0. The van der Waals surface area contributed by atoms with Gasteiger partial charge in [-0.2, -0.15) is 0 Å². The van der Waals surface area contributed by atoms with Crippen LogP contribution in [0, 0.1) is 5.82 Å². The number of ether oxygens (including phenoxy) is 1. The summed E-state index contributed by atoms with van der Waals surface area (Å²) in [4.78, 5) is 24.3. The van der Waals surface area contributed by atoms with Crippen LogP contribution in [0.25, 0.3) is 0 Å². The number of rotatable bonds is 1. The molecule has 0 unspecified atom stereocenters. The first kappa shape index (κ1) is 11.6. The van der Waals surface area contributed by atoms with Gasteiger partial charge >= 0.3 is 11.9 Å². The zero-order chi connectivity index (χ0) is 12.4. The van der Waals surface area contributed by atoms with E-state index in [0.717, 1.165) is 5.56 Å². The second-order valence-corrected chi connectivity index (χ2v) is 3.70. The van der Waals surface area contributed by atoms with Crippen molar-refractivity contribution in [2.45, 2.75) is 13.3 Å². The van der Waals surface area contributed by atoms with Gasteiger partial charge in [0.05, 0.1) is 12.3 Å². The molecular weight excluding hydrogens is 225 g/mol. The van der Waals surface area contributed by atoms with E-state index in [4.69, 9.17) is 0 Å². The monoisotopic (exact) mass is 237 g/mol. The molecule has 0 aliphatic carbocycles. The van der Waals surface area contributed by atoms with E-state index in [1.807, 2.05) is 0 Å². The van der Waals surface area contributed by atoms with Gasteiger partial charge in [0, 0.05) is 6.54 Å². The van der Waals surface area contributed by atoms with Gasteiger partial charge in [0.2, 0.25) is 0 Å². The van der Waals surface area contributed by atoms with Crippen LogP contribution in [0.2, 0.25) is 0 Å². The number of amides is 1. The Hall–Kier alpha value is -1.91. The molecule has 0 radical (unpaired) electrons. The van der Waals surface area contributed by atoms with Gasteiger partial charge in [-0.3, -0.25) is 4.79 Å². The minimum absolute atomic E-state index is 0.147. The van der Waals surface area contributed by atoms with Crippen LogP contribution < -0.4 is 4.90 Å². The maximum Gasteiger partial charge on any atom is 0.397 e. The fourth-order valence-electron chi connectivity index (χ4n) is 1.87. The number of benzene rings is 1. The molecule has 4 nitrogen and oxygen atoms in total. The topological polar surface area (TPSA) is 46.6 Å². The summed E-state index contributed by atoms with van der Waals surface area (Å²) in [6, 6.07) is 4.24. The van der Waals surface area contributed by atoms with Crippen molar-refractivity contribution < 1.29 is 18.7 Å². The lowest BCUT2D eigenvalue weighted by molar-refractivity contribution is -0.153. The number of carbonyl (C=O) groups excluding carboxylic acids is 2. The third-order valence-electron chi connectivity index (χ3n) is 2.64. The van der Waals surface area contributed by atoms with Gasteiger partial charge in [0.25, 0.3) is 0 Å². The van der Waals surface area contributed by atoms with Crippen molar-refractivity contribution >= 4 is 17.6 Å². The van der Waals surface area contributed by atoms with E-state index in [1.165, 1.54) is 17.0 Å². The van der Waals surface area contributed by atoms with Crippen LogP contribution in [0.15, 0.2) is 18.2 Å². The molecule has 0 spiro atoms. The molecule has 1 aromatic rings. The largest absolute Gasteiger partial charge is 0.459 e. The Morgan fingerprint density at radius 1 is 1.47 bits per heavy atom. The van der Waals surface area contributed by atoms with E-state index in [-0.39, 0.29) is 6.61 Å².